The quantitative estimate of drug-likeness (QED) is 0.553. The van der Waals surface area contributed by atoms with Gasteiger partial charge in [0.2, 0.25) is 0 Å². The monoisotopic (exact) mass is 184 g/mol. The highest BCUT2D eigenvalue weighted by Crippen LogP contribution is 2.16. The lowest BCUT2D eigenvalue weighted by molar-refractivity contribution is 0.774. The molecule has 0 fully saturated rings. The van der Waals surface area contributed by atoms with Crippen molar-refractivity contribution in [2.24, 2.45) is 0 Å². The molecule has 2 N–H and O–H groups in total. The molecule has 0 saturated heterocycles. The van der Waals surface area contributed by atoms with E-state index in [9.17, 15) is 0 Å². The van der Waals surface area contributed by atoms with Crippen molar-refractivity contribution in [1.82, 2.24) is 10.3 Å². The van der Waals surface area contributed by atoms with E-state index < -0.39 is 0 Å². The van der Waals surface area contributed by atoms with Gasteiger partial charge in [0.25, 0.3) is 0 Å². The molecule has 0 unspecified atom stereocenters. The number of para-hydroxylation sites is 1. The summed E-state index contributed by atoms with van der Waals surface area (Å²) in [7, 11) is 0. The molecule has 1 aromatic carbocycles. The first-order valence-electron chi connectivity index (χ1n) is 4.61. The van der Waals surface area contributed by atoms with Crippen LogP contribution >= 0.6 is 0 Å². The molecule has 0 atom stereocenters. The Morgan fingerprint density at radius 2 is 2.29 bits per heavy atom. The van der Waals surface area contributed by atoms with Gasteiger partial charge >= 0.3 is 0 Å². The van der Waals surface area contributed by atoms with Gasteiger partial charge in [0.15, 0.2) is 0 Å². The van der Waals surface area contributed by atoms with Crippen LogP contribution in [0.2, 0.25) is 0 Å². The second-order valence-electron chi connectivity index (χ2n) is 3.17. The van der Waals surface area contributed by atoms with Crippen LogP contribution in [-0.2, 0) is 6.54 Å². The first-order chi connectivity index (χ1) is 6.92. The summed E-state index contributed by atoms with van der Waals surface area (Å²) in [5, 5.41) is 4.42. The summed E-state index contributed by atoms with van der Waals surface area (Å²) in [5.74, 6) is 2.56. The van der Waals surface area contributed by atoms with Gasteiger partial charge in [0, 0.05) is 18.3 Å². The number of hydrogen-bond acceptors (Lipinski definition) is 1. The zero-order valence-corrected chi connectivity index (χ0v) is 7.88. The number of benzene rings is 1. The number of H-pyrrole nitrogens is 1. The highest BCUT2D eigenvalue weighted by molar-refractivity contribution is 5.82. The van der Waals surface area contributed by atoms with Crippen LogP contribution in [-0.4, -0.2) is 11.5 Å². The molecule has 14 heavy (non-hydrogen) atoms. The van der Waals surface area contributed by atoms with E-state index in [4.69, 9.17) is 6.42 Å². The van der Waals surface area contributed by atoms with Gasteiger partial charge in [-0.3, -0.25) is 0 Å². The van der Waals surface area contributed by atoms with E-state index >= 15 is 0 Å². The number of aromatic amines is 1. The van der Waals surface area contributed by atoms with Crippen molar-refractivity contribution in [1.29, 1.82) is 0 Å². The zero-order valence-electron chi connectivity index (χ0n) is 7.88. The Morgan fingerprint density at radius 1 is 1.36 bits per heavy atom. The van der Waals surface area contributed by atoms with E-state index in [0.717, 1.165) is 6.54 Å². The average molecular weight is 184 g/mol. The van der Waals surface area contributed by atoms with Crippen molar-refractivity contribution in [3.63, 3.8) is 0 Å². The van der Waals surface area contributed by atoms with E-state index in [-0.39, 0.29) is 0 Å². The second-order valence-corrected chi connectivity index (χ2v) is 3.17. The van der Waals surface area contributed by atoms with E-state index in [0.29, 0.717) is 6.54 Å². The van der Waals surface area contributed by atoms with Crippen LogP contribution in [0.1, 0.15) is 5.56 Å². The van der Waals surface area contributed by atoms with Crippen molar-refractivity contribution < 1.29 is 0 Å². The summed E-state index contributed by atoms with van der Waals surface area (Å²) >= 11 is 0. The first kappa shape index (κ1) is 8.86. The van der Waals surface area contributed by atoms with Gasteiger partial charge in [-0.2, -0.15) is 0 Å². The molecule has 0 aliphatic heterocycles. The summed E-state index contributed by atoms with van der Waals surface area (Å²) in [4.78, 5) is 3.22. The number of nitrogens with one attached hydrogen (secondary N) is 2. The molecule has 70 valence electrons. The zero-order chi connectivity index (χ0) is 9.80. The molecule has 2 nitrogen and oxygen atoms in total. The summed E-state index contributed by atoms with van der Waals surface area (Å²) < 4.78 is 0. The number of terminal acetylenes is 1. The predicted molar refractivity (Wildman–Crippen MR) is 58.8 cm³/mol. The summed E-state index contributed by atoms with van der Waals surface area (Å²) in [6, 6.07) is 8.32. The predicted octanol–water partition coefficient (Wildman–Crippen LogP) is 1.89. The Labute approximate surface area is 83.3 Å². The van der Waals surface area contributed by atoms with E-state index in [1.807, 2.05) is 6.20 Å². The molecule has 2 rings (SSSR count). The Bertz CT molecular complexity index is 462. The first-order valence-corrected chi connectivity index (χ1v) is 4.61. The van der Waals surface area contributed by atoms with Crippen molar-refractivity contribution in [3.05, 3.63) is 36.0 Å². The number of rotatable bonds is 3. The molecule has 1 heterocycles. The van der Waals surface area contributed by atoms with Crippen LogP contribution < -0.4 is 5.32 Å². The fourth-order valence-electron chi connectivity index (χ4n) is 1.57. The third kappa shape index (κ3) is 1.63. The summed E-state index contributed by atoms with van der Waals surface area (Å²) in [6.45, 7) is 1.42. The van der Waals surface area contributed by atoms with E-state index in [1.165, 1.54) is 16.5 Å². The summed E-state index contributed by atoms with van der Waals surface area (Å²) in [5.41, 5.74) is 2.44. The number of fused-ring (bicyclic) bond motifs is 1. The van der Waals surface area contributed by atoms with Crippen molar-refractivity contribution in [2.45, 2.75) is 6.54 Å². The molecule has 0 radical (unpaired) electrons. The lowest BCUT2D eigenvalue weighted by atomic mass is 10.1. The fraction of sp³-hybridized carbons (Fsp3) is 0.167. The topological polar surface area (TPSA) is 27.8 Å². The van der Waals surface area contributed by atoms with Crippen LogP contribution in [0.25, 0.3) is 10.9 Å². The molecule has 0 aliphatic carbocycles. The standard InChI is InChI=1S/C12H12N2/c1-2-7-13-9-11-5-3-4-10-6-8-14-12(10)11/h1,3-6,8,13-14H,7,9H2. The van der Waals surface area contributed by atoms with Crippen LogP contribution in [0.15, 0.2) is 30.5 Å². The van der Waals surface area contributed by atoms with Crippen LogP contribution in [0.5, 0.6) is 0 Å². The maximum atomic E-state index is 5.16. The van der Waals surface area contributed by atoms with Gasteiger partial charge in [-0.05, 0) is 17.0 Å². The van der Waals surface area contributed by atoms with Gasteiger partial charge in [0.05, 0.1) is 6.54 Å². The van der Waals surface area contributed by atoms with Gasteiger partial charge < -0.3 is 10.3 Å². The molecule has 0 aliphatic rings. The third-order valence-corrected chi connectivity index (χ3v) is 2.22. The lowest BCUT2D eigenvalue weighted by Crippen LogP contribution is -2.13. The van der Waals surface area contributed by atoms with Gasteiger partial charge in [0.1, 0.15) is 0 Å². The number of aromatic nitrogens is 1. The average Bonchev–Trinajstić information content (AvgIpc) is 2.67. The Balaban J connectivity index is 2.24. The van der Waals surface area contributed by atoms with Crippen LogP contribution in [0.3, 0.4) is 0 Å². The Morgan fingerprint density at radius 3 is 3.14 bits per heavy atom. The minimum Gasteiger partial charge on any atom is -0.361 e. The van der Waals surface area contributed by atoms with Crippen LogP contribution in [0.4, 0.5) is 0 Å². The normalized spacial score (nSPS) is 10.2. The van der Waals surface area contributed by atoms with Gasteiger partial charge in [-0.15, -0.1) is 6.42 Å². The van der Waals surface area contributed by atoms with E-state index in [2.05, 4.69) is 40.5 Å². The molecular formula is C12H12N2. The lowest BCUT2D eigenvalue weighted by Gasteiger charge is -2.02. The highest BCUT2D eigenvalue weighted by atomic mass is 14.8. The molecule has 1 aromatic heterocycles. The molecule has 0 amide bonds. The molecule has 0 spiro atoms. The maximum Gasteiger partial charge on any atom is 0.0576 e. The van der Waals surface area contributed by atoms with Crippen molar-refractivity contribution in [3.8, 4) is 12.3 Å². The van der Waals surface area contributed by atoms with Gasteiger partial charge in [-0.25, -0.2) is 0 Å². The highest BCUT2D eigenvalue weighted by Gasteiger charge is 1.99. The largest absolute Gasteiger partial charge is 0.361 e. The minimum absolute atomic E-state index is 0.608. The van der Waals surface area contributed by atoms with Gasteiger partial charge in [-0.1, -0.05) is 24.1 Å². The van der Waals surface area contributed by atoms with Crippen molar-refractivity contribution >= 4 is 10.9 Å². The van der Waals surface area contributed by atoms with E-state index in [1.54, 1.807) is 0 Å². The SMILES string of the molecule is C#CCNCc1cccc2cc[nH]c12. The molecular weight excluding hydrogens is 172 g/mol. The third-order valence-electron chi connectivity index (χ3n) is 2.22. The molecule has 0 bridgehead atoms. The van der Waals surface area contributed by atoms with Crippen LogP contribution in [0, 0.1) is 12.3 Å². The minimum atomic E-state index is 0.608. The molecule has 0 saturated carbocycles. The number of hydrogen-bond donors (Lipinski definition) is 2. The second kappa shape index (κ2) is 3.99. The maximum absolute atomic E-state index is 5.16. The smallest absolute Gasteiger partial charge is 0.0576 e. The fourth-order valence-corrected chi connectivity index (χ4v) is 1.57. The summed E-state index contributed by atoms with van der Waals surface area (Å²) in [6.07, 6.45) is 7.12. The Hall–Kier alpha value is -1.72. The Kier molecular flexibility index (Phi) is 2.53. The molecule has 2 heteroatoms. The van der Waals surface area contributed by atoms with Crippen molar-refractivity contribution in [2.75, 3.05) is 6.54 Å². The molecule has 2 aromatic rings.